The third-order valence-corrected chi connectivity index (χ3v) is 4.67. The Labute approximate surface area is 174 Å². The molecule has 1 saturated heterocycles. The zero-order chi connectivity index (χ0) is 21.3. The molecule has 2 heterocycles. The maximum absolute atomic E-state index is 11.6. The molecule has 1 aromatic rings. The molecule has 1 fully saturated rings. The van der Waals surface area contributed by atoms with Gasteiger partial charge in [-0.1, -0.05) is 0 Å². The van der Waals surface area contributed by atoms with E-state index in [0.29, 0.717) is 13.1 Å². The van der Waals surface area contributed by atoms with Crippen LogP contribution in [0.5, 0.6) is 0 Å². The highest BCUT2D eigenvalue weighted by Crippen LogP contribution is 2.26. The lowest BCUT2D eigenvalue weighted by Crippen LogP contribution is -2.43. The number of rotatable bonds is 8. The minimum atomic E-state index is -0.479. The van der Waals surface area contributed by atoms with Gasteiger partial charge in [0.2, 0.25) is 0 Å². The highest BCUT2D eigenvalue weighted by atomic mass is 16.6. The molecule has 0 aliphatic carbocycles. The molecule has 0 spiro atoms. The van der Waals surface area contributed by atoms with Crippen LogP contribution in [0.4, 0.5) is 4.79 Å². The lowest BCUT2D eigenvalue weighted by Gasteiger charge is -2.26. The summed E-state index contributed by atoms with van der Waals surface area (Å²) in [5, 5.41) is 9.46. The number of carbonyl (C=O) groups excluding carboxylic acids is 1. The van der Waals surface area contributed by atoms with Crippen molar-refractivity contribution in [3.05, 3.63) is 23.7 Å². The van der Waals surface area contributed by atoms with Crippen molar-refractivity contribution in [2.45, 2.75) is 58.6 Å². The summed E-state index contributed by atoms with van der Waals surface area (Å²) in [6.07, 6.45) is 2.84. The summed E-state index contributed by atoms with van der Waals surface area (Å²) in [4.78, 5) is 18.4. The molecular formula is C21H37N5O3. The number of aryl methyl sites for hydroxylation is 1. The Kier molecular flexibility index (Phi) is 8.82. The highest BCUT2D eigenvalue weighted by Gasteiger charge is 2.26. The lowest BCUT2D eigenvalue weighted by molar-refractivity contribution is 0.0527. The number of carbonyl (C=O) groups is 1. The standard InChI is InChI=1S/C21H37N5O3/c1-16-9-10-18(28-16)17(26-13-6-7-14-26)15-25-19(22-5)23-11-8-12-24-20(27)29-21(2,3)4/h9-10,17H,6-8,11-15H2,1-5H3,(H,24,27)(H2,22,23,25). The molecule has 164 valence electrons. The van der Waals surface area contributed by atoms with Gasteiger partial charge in [-0.2, -0.15) is 0 Å². The average Bonchev–Trinajstić information content (AvgIpc) is 3.30. The molecule has 0 radical (unpaired) electrons. The number of alkyl carbamates (subject to hydrolysis) is 1. The number of furan rings is 1. The van der Waals surface area contributed by atoms with E-state index >= 15 is 0 Å². The van der Waals surface area contributed by atoms with Crippen LogP contribution in [0.25, 0.3) is 0 Å². The summed E-state index contributed by atoms with van der Waals surface area (Å²) in [6.45, 7) is 11.7. The van der Waals surface area contributed by atoms with Crippen molar-refractivity contribution in [2.75, 3.05) is 39.8 Å². The monoisotopic (exact) mass is 407 g/mol. The van der Waals surface area contributed by atoms with E-state index in [1.807, 2.05) is 33.8 Å². The highest BCUT2D eigenvalue weighted by molar-refractivity contribution is 5.79. The Morgan fingerprint density at radius 2 is 1.90 bits per heavy atom. The van der Waals surface area contributed by atoms with Gasteiger partial charge in [-0.15, -0.1) is 0 Å². The second kappa shape index (κ2) is 11.1. The van der Waals surface area contributed by atoms with Crippen molar-refractivity contribution in [1.29, 1.82) is 0 Å². The summed E-state index contributed by atoms with van der Waals surface area (Å²) in [6, 6.07) is 4.28. The van der Waals surface area contributed by atoms with Gasteiger partial charge in [0.15, 0.2) is 5.96 Å². The fourth-order valence-corrected chi connectivity index (χ4v) is 3.31. The topological polar surface area (TPSA) is 91.1 Å². The van der Waals surface area contributed by atoms with Gasteiger partial charge >= 0.3 is 6.09 Å². The van der Waals surface area contributed by atoms with Crippen LogP contribution in [0.15, 0.2) is 21.5 Å². The Hall–Kier alpha value is -2.22. The fraction of sp³-hybridized carbons (Fsp3) is 0.714. The molecule has 8 nitrogen and oxygen atoms in total. The number of aliphatic imine (C=N–C) groups is 1. The first-order chi connectivity index (χ1) is 13.8. The fourth-order valence-electron chi connectivity index (χ4n) is 3.31. The Bertz CT molecular complexity index is 660. The molecule has 0 saturated carbocycles. The van der Waals surface area contributed by atoms with Gasteiger partial charge in [-0.05, 0) is 72.2 Å². The minimum absolute atomic E-state index is 0.193. The molecule has 3 N–H and O–H groups in total. The first-order valence-corrected chi connectivity index (χ1v) is 10.5. The van der Waals surface area contributed by atoms with Crippen molar-refractivity contribution in [3.63, 3.8) is 0 Å². The maximum atomic E-state index is 11.6. The number of nitrogens with one attached hydrogen (secondary N) is 3. The van der Waals surface area contributed by atoms with E-state index in [0.717, 1.165) is 43.5 Å². The van der Waals surface area contributed by atoms with Crippen LogP contribution in [0.2, 0.25) is 0 Å². The smallest absolute Gasteiger partial charge is 0.407 e. The Balaban J connectivity index is 1.73. The molecule has 8 heteroatoms. The zero-order valence-corrected chi connectivity index (χ0v) is 18.5. The summed E-state index contributed by atoms with van der Waals surface area (Å²) in [7, 11) is 1.76. The summed E-state index contributed by atoms with van der Waals surface area (Å²) in [5.41, 5.74) is -0.479. The van der Waals surface area contributed by atoms with E-state index in [-0.39, 0.29) is 12.1 Å². The lowest BCUT2D eigenvalue weighted by atomic mass is 10.2. The van der Waals surface area contributed by atoms with Crippen molar-refractivity contribution in [1.82, 2.24) is 20.9 Å². The molecule has 1 aliphatic rings. The second-order valence-electron chi connectivity index (χ2n) is 8.37. The van der Waals surface area contributed by atoms with Gasteiger partial charge in [0.25, 0.3) is 0 Å². The van der Waals surface area contributed by atoms with Gasteiger partial charge in [-0.25, -0.2) is 4.79 Å². The molecule has 29 heavy (non-hydrogen) atoms. The summed E-state index contributed by atoms with van der Waals surface area (Å²) >= 11 is 0. The SMILES string of the molecule is CN=C(NCCCNC(=O)OC(C)(C)C)NCC(c1ccc(C)o1)N1CCCC1. The number of ether oxygens (including phenoxy) is 1. The molecule has 1 aromatic heterocycles. The molecule has 1 aliphatic heterocycles. The third-order valence-electron chi connectivity index (χ3n) is 4.67. The van der Waals surface area contributed by atoms with E-state index in [1.54, 1.807) is 7.05 Å². The molecule has 1 unspecified atom stereocenters. The van der Waals surface area contributed by atoms with Crippen LogP contribution in [0.3, 0.4) is 0 Å². The van der Waals surface area contributed by atoms with Crippen molar-refractivity contribution in [3.8, 4) is 0 Å². The first kappa shape index (κ1) is 23.1. The molecule has 1 amide bonds. The first-order valence-electron chi connectivity index (χ1n) is 10.5. The second-order valence-corrected chi connectivity index (χ2v) is 8.37. The Morgan fingerprint density at radius 1 is 1.21 bits per heavy atom. The van der Waals surface area contributed by atoms with Crippen LogP contribution in [-0.2, 0) is 4.74 Å². The van der Waals surface area contributed by atoms with E-state index < -0.39 is 5.60 Å². The predicted octanol–water partition coefficient (Wildman–Crippen LogP) is 2.80. The van der Waals surface area contributed by atoms with Crippen LogP contribution >= 0.6 is 0 Å². The zero-order valence-electron chi connectivity index (χ0n) is 18.5. The number of hydrogen-bond donors (Lipinski definition) is 3. The quantitative estimate of drug-likeness (QED) is 0.349. The van der Waals surface area contributed by atoms with E-state index in [1.165, 1.54) is 12.8 Å². The van der Waals surface area contributed by atoms with E-state index in [9.17, 15) is 4.79 Å². The van der Waals surface area contributed by atoms with Crippen molar-refractivity contribution in [2.24, 2.45) is 4.99 Å². The van der Waals surface area contributed by atoms with E-state index in [2.05, 4.69) is 31.9 Å². The molecular weight excluding hydrogens is 370 g/mol. The van der Waals surface area contributed by atoms with Crippen molar-refractivity contribution < 1.29 is 13.9 Å². The Morgan fingerprint density at radius 3 is 2.48 bits per heavy atom. The van der Waals surface area contributed by atoms with Crippen molar-refractivity contribution >= 4 is 12.1 Å². The van der Waals surface area contributed by atoms with E-state index in [4.69, 9.17) is 9.15 Å². The van der Waals surface area contributed by atoms with Gasteiger partial charge < -0.3 is 25.1 Å². The molecule has 0 bridgehead atoms. The van der Waals surface area contributed by atoms with Gasteiger partial charge in [0.1, 0.15) is 17.1 Å². The van der Waals surface area contributed by atoms with Crippen LogP contribution < -0.4 is 16.0 Å². The summed E-state index contributed by atoms with van der Waals surface area (Å²) < 4.78 is 11.1. The van der Waals surface area contributed by atoms with Gasteiger partial charge in [0.05, 0.1) is 6.04 Å². The van der Waals surface area contributed by atoms with Gasteiger partial charge in [0, 0.05) is 26.7 Å². The average molecular weight is 408 g/mol. The predicted molar refractivity (Wildman–Crippen MR) is 115 cm³/mol. The molecule has 1 atom stereocenters. The normalized spacial score (nSPS) is 16.5. The summed E-state index contributed by atoms with van der Waals surface area (Å²) in [5.74, 6) is 2.67. The number of amides is 1. The number of likely N-dealkylation sites (tertiary alicyclic amines) is 1. The van der Waals surface area contributed by atoms with Gasteiger partial charge in [-0.3, -0.25) is 9.89 Å². The van der Waals surface area contributed by atoms with Crippen LogP contribution in [-0.4, -0.2) is 62.3 Å². The van der Waals surface area contributed by atoms with Crippen LogP contribution in [0.1, 0.15) is 57.6 Å². The largest absolute Gasteiger partial charge is 0.465 e. The molecule has 2 rings (SSSR count). The molecule has 0 aromatic carbocycles. The number of guanidine groups is 1. The minimum Gasteiger partial charge on any atom is -0.465 e. The maximum Gasteiger partial charge on any atom is 0.407 e. The van der Waals surface area contributed by atoms with Crippen LogP contribution in [0, 0.1) is 6.92 Å². The third kappa shape index (κ3) is 8.35. The number of nitrogens with zero attached hydrogens (tertiary/aromatic N) is 2. The number of hydrogen-bond acceptors (Lipinski definition) is 5.